The normalized spacial score (nSPS) is 14.7. The summed E-state index contributed by atoms with van der Waals surface area (Å²) < 4.78 is 4.58. The molecule has 1 aliphatic heterocycles. The van der Waals surface area contributed by atoms with E-state index in [-0.39, 0.29) is 5.54 Å². The molecule has 0 spiro atoms. The van der Waals surface area contributed by atoms with Crippen molar-refractivity contribution in [1.82, 2.24) is 14.5 Å². The van der Waals surface area contributed by atoms with E-state index in [4.69, 9.17) is 0 Å². The Morgan fingerprint density at radius 2 is 1.93 bits per heavy atom. The molecular formula is C24H23N4+. The maximum Gasteiger partial charge on any atom is 0.350 e. The lowest BCUT2D eigenvalue weighted by molar-refractivity contribution is -0.709. The fourth-order valence-corrected chi connectivity index (χ4v) is 4.70. The van der Waals surface area contributed by atoms with Crippen molar-refractivity contribution in [2.75, 3.05) is 0 Å². The van der Waals surface area contributed by atoms with Crippen molar-refractivity contribution >= 4 is 34.2 Å². The number of hydrogen-bond donors (Lipinski definition) is 0. The van der Waals surface area contributed by atoms with Crippen LogP contribution in [0.15, 0.2) is 49.3 Å². The minimum absolute atomic E-state index is 0.215. The smallest absolute Gasteiger partial charge is 0.344 e. The van der Waals surface area contributed by atoms with Crippen LogP contribution in [-0.2, 0) is 12.6 Å². The Kier molecular flexibility index (Phi) is 3.38. The van der Waals surface area contributed by atoms with Crippen molar-refractivity contribution in [3.05, 3.63) is 66.1 Å². The number of fused-ring (bicyclic) bond motifs is 6. The van der Waals surface area contributed by atoms with E-state index in [1.165, 1.54) is 39.0 Å². The number of aromatic nitrogens is 4. The molecule has 0 saturated heterocycles. The van der Waals surface area contributed by atoms with Gasteiger partial charge < -0.3 is 4.57 Å². The molecule has 4 nitrogen and oxygen atoms in total. The molecule has 1 aliphatic rings. The highest BCUT2D eigenvalue weighted by Gasteiger charge is 2.42. The van der Waals surface area contributed by atoms with Crippen LogP contribution < -0.4 is 4.57 Å². The molecule has 0 aliphatic carbocycles. The van der Waals surface area contributed by atoms with Crippen molar-refractivity contribution in [3.8, 4) is 11.3 Å². The van der Waals surface area contributed by atoms with Gasteiger partial charge in [0.15, 0.2) is 11.7 Å². The Morgan fingerprint density at radius 3 is 2.68 bits per heavy atom. The minimum Gasteiger partial charge on any atom is -0.344 e. The highest BCUT2D eigenvalue weighted by Crippen LogP contribution is 2.42. The zero-order chi connectivity index (χ0) is 19.6. The van der Waals surface area contributed by atoms with Gasteiger partial charge in [0, 0.05) is 40.3 Å². The zero-order valence-corrected chi connectivity index (χ0v) is 16.7. The number of hydrogen-bond acceptors (Lipinski definition) is 2. The van der Waals surface area contributed by atoms with Gasteiger partial charge in [-0.25, -0.2) is 9.55 Å². The molecular weight excluding hydrogens is 344 g/mol. The molecule has 0 fully saturated rings. The Morgan fingerprint density at radius 1 is 1.14 bits per heavy atom. The van der Waals surface area contributed by atoms with Gasteiger partial charge >= 0.3 is 5.65 Å². The maximum absolute atomic E-state index is 4.65. The third-order valence-electron chi connectivity index (χ3n) is 6.01. The Labute approximate surface area is 164 Å². The third kappa shape index (κ3) is 1.97. The number of nitrogens with zero attached hydrogens (tertiary/aromatic N) is 4. The van der Waals surface area contributed by atoms with Crippen LogP contribution in [0.2, 0.25) is 0 Å². The van der Waals surface area contributed by atoms with E-state index in [0.29, 0.717) is 0 Å². The van der Waals surface area contributed by atoms with Crippen LogP contribution in [0.5, 0.6) is 0 Å². The van der Waals surface area contributed by atoms with E-state index in [0.717, 1.165) is 11.2 Å². The van der Waals surface area contributed by atoms with Crippen LogP contribution in [0.4, 0.5) is 0 Å². The standard InChI is InChI=1S/C24H23N4/c1-6-8-20-15(7-2)16-13-17-18(14-22(16)27(20)5)24(3,4)28-21(17)10-9-19-23(28)26-12-11-25-19/h6-14H,2H2,1,3-5H3/q+1/b8-6-. The topological polar surface area (TPSA) is 34.6 Å². The van der Waals surface area contributed by atoms with Crippen LogP contribution in [0.3, 0.4) is 0 Å². The zero-order valence-electron chi connectivity index (χ0n) is 16.7. The van der Waals surface area contributed by atoms with Crippen LogP contribution in [0.25, 0.3) is 45.5 Å². The lowest BCUT2D eigenvalue weighted by atomic mass is 9.91. The van der Waals surface area contributed by atoms with Gasteiger partial charge in [-0.2, -0.15) is 0 Å². The summed E-state index contributed by atoms with van der Waals surface area (Å²) in [6.07, 6.45) is 9.71. The van der Waals surface area contributed by atoms with Gasteiger partial charge in [0.25, 0.3) is 0 Å². The van der Waals surface area contributed by atoms with Crippen LogP contribution in [-0.4, -0.2) is 14.5 Å². The van der Waals surface area contributed by atoms with Gasteiger partial charge in [0.2, 0.25) is 0 Å². The fourth-order valence-electron chi connectivity index (χ4n) is 4.70. The van der Waals surface area contributed by atoms with Gasteiger partial charge in [-0.15, -0.1) is 0 Å². The van der Waals surface area contributed by atoms with E-state index in [9.17, 15) is 0 Å². The Balaban J connectivity index is 1.92. The first kappa shape index (κ1) is 16.9. The second-order valence-electron chi connectivity index (χ2n) is 7.86. The monoisotopic (exact) mass is 367 g/mol. The number of aryl methyl sites for hydroxylation is 1. The number of benzene rings is 1. The first-order valence-electron chi connectivity index (χ1n) is 9.57. The number of allylic oxidation sites excluding steroid dienone is 1. The largest absolute Gasteiger partial charge is 0.350 e. The average Bonchev–Trinajstić information content (AvgIpc) is 3.09. The Hall–Kier alpha value is -3.27. The summed E-state index contributed by atoms with van der Waals surface area (Å²) >= 11 is 0. The molecule has 0 amide bonds. The summed E-state index contributed by atoms with van der Waals surface area (Å²) in [7, 11) is 2.13. The second-order valence-corrected chi connectivity index (χ2v) is 7.86. The summed E-state index contributed by atoms with van der Waals surface area (Å²) in [6.45, 7) is 10.6. The highest BCUT2D eigenvalue weighted by molar-refractivity contribution is 5.97. The molecule has 4 heterocycles. The van der Waals surface area contributed by atoms with Gasteiger partial charge in [-0.1, -0.05) is 18.7 Å². The van der Waals surface area contributed by atoms with Gasteiger partial charge in [0.05, 0.1) is 6.20 Å². The third-order valence-corrected chi connectivity index (χ3v) is 6.01. The Bertz CT molecular complexity index is 1320. The van der Waals surface area contributed by atoms with Crippen molar-refractivity contribution in [2.24, 2.45) is 7.05 Å². The molecule has 0 saturated carbocycles. The average molecular weight is 367 g/mol. The molecule has 0 unspecified atom stereocenters. The fraction of sp³-hybridized carbons (Fsp3) is 0.208. The van der Waals surface area contributed by atoms with Crippen LogP contribution in [0.1, 0.15) is 37.6 Å². The summed E-state index contributed by atoms with van der Waals surface area (Å²) in [5.74, 6) is 0. The van der Waals surface area contributed by atoms with Gasteiger partial charge in [-0.3, -0.25) is 0 Å². The lowest BCUT2D eigenvalue weighted by Gasteiger charge is -2.19. The first-order chi connectivity index (χ1) is 13.5. The molecule has 1 aromatic carbocycles. The quantitative estimate of drug-likeness (QED) is 0.475. The van der Waals surface area contributed by atoms with Gasteiger partial charge in [0.1, 0.15) is 11.2 Å². The molecule has 0 atom stereocenters. The first-order valence-corrected chi connectivity index (χ1v) is 9.57. The molecule has 4 aromatic rings. The maximum atomic E-state index is 4.65. The summed E-state index contributed by atoms with van der Waals surface area (Å²) in [5.41, 5.74) is 8.95. The molecule has 3 aromatic heterocycles. The molecule has 0 radical (unpaired) electrons. The second kappa shape index (κ2) is 5.61. The number of rotatable bonds is 2. The van der Waals surface area contributed by atoms with E-state index in [1.54, 1.807) is 12.4 Å². The predicted molar refractivity (Wildman–Crippen MR) is 115 cm³/mol. The molecule has 0 N–H and O–H groups in total. The molecule has 5 rings (SSSR count). The van der Waals surface area contributed by atoms with Crippen molar-refractivity contribution in [3.63, 3.8) is 0 Å². The summed E-state index contributed by atoms with van der Waals surface area (Å²) in [6, 6.07) is 8.88. The molecule has 138 valence electrons. The van der Waals surface area contributed by atoms with Crippen molar-refractivity contribution < 1.29 is 4.57 Å². The SMILES string of the molecule is C=Cc1c(/C=C\C)n(C)c2cc3c(cc12)-c1ccc2nccnc2[n+]1C3(C)C. The molecule has 4 heteroatoms. The van der Waals surface area contributed by atoms with E-state index >= 15 is 0 Å². The number of pyridine rings is 1. The van der Waals surface area contributed by atoms with Crippen LogP contribution in [0, 0.1) is 0 Å². The lowest BCUT2D eigenvalue weighted by Crippen LogP contribution is -2.51. The highest BCUT2D eigenvalue weighted by atomic mass is 15.1. The predicted octanol–water partition coefficient (Wildman–Crippen LogP) is 4.85. The van der Waals surface area contributed by atoms with Crippen molar-refractivity contribution in [2.45, 2.75) is 26.3 Å². The van der Waals surface area contributed by atoms with E-state index in [1.807, 2.05) is 13.0 Å². The van der Waals surface area contributed by atoms with Crippen molar-refractivity contribution in [1.29, 1.82) is 0 Å². The molecule has 28 heavy (non-hydrogen) atoms. The molecule has 0 bridgehead atoms. The summed E-state index contributed by atoms with van der Waals surface area (Å²) in [5, 5.41) is 1.23. The van der Waals surface area contributed by atoms with E-state index in [2.05, 4.69) is 83.0 Å². The van der Waals surface area contributed by atoms with Gasteiger partial charge in [-0.05, 0) is 56.1 Å². The van der Waals surface area contributed by atoms with E-state index < -0.39 is 0 Å². The summed E-state index contributed by atoms with van der Waals surface area (Å²) in [4.78, 5) is 9.15. The minimum atomic E-state index is -0.215. The van der Waals surface area contributed by atoms with Crippen LogP contribution >= 0.6 is 0 Å².